The molecular formula is C24H30N2O4S. The van der Waals surface area contributed by atoms with Crippen LogP contribution in [0.3, 0.4) is 0 Å². The molecule has 1 N–H and O–H groups in total. The highest BCUT2D eigenvalue weighted by molar-refractivity contribution is 7.93. The zero-order valence-electron chi connectivity index (χ0n) is 18.2. The summed E-state index contributed by atoms with van der Waals surface area (Å²) in [5.74, 6) is -0.0464. The largest absolute Gasteiger partial charge is 0.506 e. The number of para-hydroxylation sites is 2. The van der Waals surface area contributed by atoms with Gasteiger partial charge in [-0.2, -0.15) is 0 Å². The smallest absolute Gasteiger partial charge is 0.244 e. The average molecular weight is 443 g/mol. The fraction of sp³-hybridized carbons (Fsp3) is 0.458. The van der Waals surface area contributed by atoms with Crippen LogP contribution in [0.2, 0.25) is 0 Å². The molecule has 0 spiro atoms. The van der Waals surface area contributed by atoms with Gasteiger partial charge in [0, 0.05) is 26.2 Å². The summed E-state index contributed by atoms with van der Waals surface area (Å²) in [7, 11) is -3.82. The van der Waals surface area contributed by atoms with Crippen molar-refractivity contribution in [3.05, 3.63) is 53.6 Å². The maximum Gasteiger partial charge on any atom is 0.244 e. The van der Waals surface area contributed by atoms with Crippen LogP contribution in [-0.2, 0) is 14.6 Å². The molecule has 2 aromatic carbocycles. The zero-order chi connectivity index (χ0) is 22.2. The molecule has 0 unspecified atom stereocenters. The van der Waals surface area contributed by atoms with Crippen molar-refractivity contribution in [2.24, 2.45) is 0 Å². The second kappa shape index (κ2) is 8.19. The van der Waals surface area contributed by atoms with Crippen molar-refractivity contribution in [2.75, 3.05) is 31.1 Å². The van der Waals surface area contributed by atoms with Gasteiger partial charge < -0.3 is 14.9 Å². The third-order valence-corrected chi connectivity index (χ3v) is 9.37. The van der Waals surface area contributed by atoms with Gasteiger partial charge in [-0.1, -0.05) is 37.1 Å². The molecule has 1 heterocycles. The number of sulfone groups is 1. The SMILES string of the molecule is Cc1ccc(C)c(S(=O)(=O)C2(C(=O)N3CCN(c4ccccc4O)CC3)CCCC2)c1. The third-order valence-electron chi connectivity index (χ3n) is 6.74. The van der Waals surface area contributed by atoms with Crippen molar-refractivity contribution in [1.29, 1.82) is 0 Å². The molecule has 166 valence electrons. The summed E-state index contributed by atoms with van der Waals surface area (Å²) in [5, 5.41) is 10.1. The number of aryl methyl sites for hydroxylation is 2. The van der Waals surface area contributed by atoms with Gasteiger partial charge in [0.15, 0.2) is 14.6 Å². The number of amides is 1. The Hall–Kier alpha value is -2.54. The molecule has 2 aromatic rings. The summed E-state index contributed by atoms with van der Waals surface area (Å²) >= 11 is 0. The molecule has 2 fully saturated rings. The molecule has 1 saturated carbocycles. The van der Waals surface area contributed by atoms with E-state index in [9.17, 15) is 18.3 Å². The Kier molecular flexibility index (Phi) is 5.73. The predicted molar refractivity (Wildman–Crippen MR) is 121 cm³/mol. The summed E-state index contributed by atoms with van der Waals surface area (Å²) in [4.78, 5) is 17.8. The minimum atomic E-state index is -3.82. The van der Waals surface area contributed by atoms with E-state index in [0.29, 0.717) is 44.6 Å². The lowest BCUT2D eigenvalue weighted by atomic mass is 10.0. The number of carbonyl (C=O) groups is 1. The highest BCUT2D eigenvalue weighted by Crippen LogP contribution is 2.43. The molecule has 7 heteroatoms. The van der Waals surface area contributed by atoms with Crippen molar-refractivity contribution in [2.45, 2.75) is 49.2 Å². The molecule has 1 amide bonds. The highest BCUT2D eigenvalue weighted by Gasteiger charge is 2.55. The molecule has 2 aliphatic rings. The fourth-order valence-corrected chi connectivity index (χ4v) is 7.36. The van der Waals surface area contributed by atoms with Crippen LogP contribution in [0.15, 0.2) is 47.4 Å². The number of carbonyl (C=O) groups excluding carboxylic acids is 1. The van der Waals surface area contributed by atoms with Gasteiger partial charge in [-0.15, -0.1) is 0 Å². The first kappa shape index (κ1) is 21.7. The van der Waals surface area contributed by atoms with E-state index >= 15 is 0 Å². The second-order valence-electron chi connectivity index (χ2n) is 8.74. The van der Waals surface area contributed by atoms with Crippen molar-refractivity contribution in [3.8, 4) is 5.75 Å². The summed E-state index contributed by atoms with van der Waals surface area (Å²) in [6.45, 7) is 5.67. The quantitative estimate of drug-likeness (QED) is 0.785. The van der Waals surface area contributed by atoms with E-state index in [1.807, 2.05) is 36.1 Å². The summed E-state index contributed by atoms with van der Waals surface area (Å²) in [6.07, 6.45) is 2.24. The van der Waals surface area contributed by atoms with Crippen molar-refractivity contribution in [3.63, 3.8) is 0 Å². The Morgan fingerprint density at radius 2 is 1.61 bits per heavy atom. The molecule has 0 atom stereocenters. The van der Waals surface area contributed by atoms with Gasteiger partial charge in [-0.3, -0.25) is 4.79 Å². The number of benzene rings is 2. The maximum atomic E-state index is 13.9. The summed E-state index contributed by atoms with van der Waals surface area (Å²) in [6, 6.07) is 12.6. The monoisotopic (exact) mass is 442 g/mol. The van der Waals surface area contributed by atoms with Crippen LogP contribution in [0.4, 0.5) is 5.69 Å². The lowest BCUT2D eigenvalue weighted by molar-refractivity contribution is -0.134. The van der Waals surface area contributed by atoms with Crippen LogP contribution in [0.5, 0.6) is 5.75 Å². The molecule has 0 radical (unpaired) electrons. The van der Waals surface area contributed by atoms with Gasteiger partial charge in [0.1, 0.15) is 5.75 Å². The highest BCUT2D eigenvalue weighted by atomic mass is 32.2. The molecule has 0 bridgehead atoms. The standard InChI is InChI=1S/C24H30N2O4S/c1-18-9-10-19(2)22(17-18)31(29,30)24(11-5-6-12-24)23(28)26-15-13-25(14-16-26)20-7-3-4-8-21(20)27/h3-4,7-10,17,27H,5-6,11-16H2,1-2H3. The van der Waals surface area contributed by atoms with Crippen molar-refractivity contribution < 1.29 is 18.3 Å². The number of hydrogen-bond donors (Lipinski definition) is 1. The first-order valence-electron chi connectivity index (χ1n) is 10.9. The molecular weight excluding hydrogens is 412 g/mol. The maximum absolute atomic E-state index is 13.9. The molecule has 1 aliphatic heterocycles. The van der Waals surface area contributed by atoms with E-state index < -0.39 is 14.6 Å². The topological polar surface area (TPSA) is 77.9 Å². The molecule has 1 saturated heterocycles. The normalized spacial score (nSPS) is 18.9. The number of aromatic hydroxyl groups is 1. The predicted octanol–water partition coefficient (Wildman–Crippen LogP) is 3.44. The Labute approximate surface area is 184 Å². The van der Waals surface area contributed by atoms with Crippen molar-refractivity contribution >= 4 is 21.4 Å². The van der Waals surface area contributed by atoms with Gasteiger partial charge in [0.2, 0.25) is 5.91 Å². The molecule has 0 aromatic heterocycles. The minimum Gasteiger partial charge on any atom is -0.506 e. The van der Waals surface area contributed by atoms with E-state index in [1.165, 1.54) is 0 Å². The van der Waals surface area contributed by atoms with Gasteiger partial charge in [-0.05, 0) is 56.0 Å². The van der Waals surface area contributed by atoms with Crippen LogP contribution < -0.4 is 4.90 Å². The van der Waals surface area contributed by atoms with E-state index in [0.717, 1.165) is 24.1 Å². The Bertz CT molecular complexity index is 1080. The number of nitrogens with zero attached hydrogens (tertiary/aromatic N) is 2. The van der Waals surface area contributed by atoms with Gasteiger partial charge >= 0.3 is 0 Å². The first-order chi connectivity index (χ1) is 14.8. The zero-order valence-corrected chi connectivity index (χ0v) is 19.0. The lowest BCUT2D eigenvalue weighted by Gasteiger charge is -2.40. The van der Waals surface area contributed by atoms with Gasteiger partial charge in [-0.25, -0.2) is 8.42 Å². The molecule has 1 aliphatic carbocycles. The first-order valence-corrected chi connectivity index (χ1v) is 12.4. The average Bonchev–Trinajstić information content (AvgIpc) is 3.27. The van der Waals surface area contributed by atoms with Crippen LogP contribution in [-0.4, -0.2) is 55.3 Å². The van der Waals surface area contributed by atoms with Crippen LogP contribution >= 0.6 is 0 Å². The number of rotatable bonds is 4. The van der Waals surface area contributed by atoms with E-state index in [4.69, 9.17) is 0 Å². The summed E-state index contributed by atoms with van der Waals surface area (Å²) in [5.41, 5.74) is 2.31. The Morgan fingerprint density at radius 3 is 2.26 bits per heavy atom. The van der Waals surface area contributed by atoms with Gasteiger partial charge in [0.25, 0.3) is 0 Å². The van der Waals surface area contributed by atoms with Gasteiger partial charge in [0.05, 0.1) is 10.6 Å². The minimum absolute atomic E-state index is 0.215. The van der Waals surface area contributed by atoms with E-state index in [1.54, 1.807) is 30.0 Å². The molecule has 4 rings (SSSR count). The molecule has 6 nitrogen and oxygen atoms in total. The number of phenolic OH excluding ortho intramolecular Hbond substituents is 1. The van der Waals surface area contributed by atoms with E-state index in [2.05, 4.69) is 0 Å². The second-order valence-corrected chi connectivity index (χ2v) is 11.0. The summed E-state index contributed by atoms with van der Waals surface area (Å²) < 4.78 is 26.3. The number of phenols is 1. The van der Waals surface area contributed by atoms with Crippen molar-refractivity contribution in [1.82, 2.24) is 4.90 Å². The van der Waals surface area contributed by atoms with Crippen LogP contribution in [0, 0.1) is 13.8 Å². The number of piperazine rings is 1. The Balaban J connectivity index is 1.60. The lowest BCUT2D eigenvalue weighted by Crippen LogP contribution is -2.57. The third kappa shape index (κ3) is 3.69. The number of hydrogen-bond acceptors (Lipinski definition) is 5. The van der Waals surface area contributed by atoms with E-state index in [-0.39, 0.29) is 16.6 Å². The fourth-order valence-electron chi connectivity index (χ4n) is 4.92. The number of anilines is 1. The van der Waals surface area contributed by atoms with Crippen LogP contribution in [0.25, 0.3) is 0 Å². The Morgan fingerprint density at radius 1 is 0.968 bits per heavy atom. The van der Waals surface area contributed by atoms with Crippen LogP contribution in [0.1, 0.15) is 36.8 Å². The molecule has 31 heavy (non-hydrogen) atoms.